The van der Waals surface area contributed by atoms with Gasteiger partial charge in [-0.3, -0.25) is 4.79 Å². The van der Waals surface area contributed by atoms with Crippen molar-refractivity contribution in [3.63, 3.8) is 0 Å². The normalized spacial score (nSPS) is 17.5. The minimum absolute atomic E-state index is 0.0834. The summed E-state index contributed by atoms with van der Waals surface area (Å²) in [5.41, 5.74) is 1.35. The fourth-order valence-electron chi connectivity index (χ4n) is 2.54. The molecule has 1 unspecified atom stereocenters. The molecule has 1 atom stereocenters. The molecule has 0 radical (unpaired) electrons. The van der Waals surface area contributed by atoms with Gasteiger partial charge < -0.3 is 10.0 Å². The topological polar surface area (TPSA) is 40.5 Å². The number of hydrogen-bond acceptors (Lipinski definition) is 2. The molecule has 21 heavy (non-hydrogen) atoms. The molecule has 0 bridgehead atoms. The number of rotatable bonds is 1. The molecule has 0 fully saturated rings. The highest BCUT2D eigenvalue weighted by atomic mass is 19.2. The van der Waals surface area contributed by atoms with Gasteiger partial charge >= 0.3 is 0 Å². The Kier molecular flexibility index (Phi) is 3.43. The number of anilines is 1. The predicted molar refractivity (Wildman–Crippen MR) is 74.1 cm³/mol. The first-order valence-corrected chi connectivity index (χ1v) is 6.62. The van der Waals surface area contributed by atoms with Crippen LogP contribution in [0.15, 0.2) is 42.5 Å². The van der Waals surface area contributed by atoms with Crippen LogP contribution in [-0.4, -0.2) is 17.6 Å². The molecule has 1 amide bonds. The lowest BCUT2D eigenvalue weighted by Crippen LogP contribution is -2.36. The Hall–Kier alpha value is -2.27. The maximum absolute atomic E-state index is 13.3. The Balaban J connectivity index is 1.99. The van der Waals surface area contributed by atoms with Crippen LogP contribution in [0.5, 0.6) is 0 Å². The zero-order valence-electron chi connectivity index (χ0n) is 11.1. The second-order valence-electron chi connectivity index (χ2n) is 4.95. The number of para-hydroxylation sites is 1. The van der Waals surface area contributed by atoms with E-state index >= 15 is 0 Å². The van der Waals surface area contributed by atoms with Crippen LogP contribution in [0.4, 0.5) is 14.5 Å². The molecule has 2 aromatic rings. The summed E-state index contributed by atoms with van der Waals surface area (Å²) in [4.78, 5) is 14.0. The van der Waals surface area contributed by atoms with Crippen LogP contribution in [0.1, 0.15) is 28.4 Å². The van der Waals surface area contributed by atoms with Gasteiger partial charge in [-0.05, 0) is 30.7 Å². The molecular weight excluding hydrogens is 276 g/mol. The molecule has 0 aliphatic carbocycles. The van der Waals surface area contributed by atoms with Crippen molar-refractivity contribution in [2.24, 2.45) is 0 Å². The van der Waals surface area contributed by atoms with Gasteiger partial charge in [0, 0.05) is 23.4 Å². The Morgan fingerprint density at radius 1 is 1.14 bits per heavy atom. The number of amides is 1. The average molecular weight is 289 g/mol. The maximum atomic E-state index is 13.3. The molecule has 1 aliphatic rings. The van der Waals surface area contributed by atoms with Crippen molar-refractivity contribution in [2.75, 3.05) is 11.4 Å². The van der Waals surface area contributed by atoms with Crippen molar-refractivity contribution >= 4 is 11.6 Å². The SMILES string of the molecule is O=C(c1ccc(F)c(F)c1)N1CCC(O)c2ccccc21. The highest BCUT2D eigenvalue weighted by molar-refractivity contribution is 6.06. The van der Waals surface area contributed by atoms with Gasteiger partial charge in [-0.2, -0.15) is 0 Å². The third-order valence-electron chi connectivity index (χ3n) is 3.62. The van der Waals surface area contributed by atoms with Crippen molar-refractivity contribution in [3.8, 4) is 0 Å². The van der Waals surface area contributed by atoms with E-state index in [-0.39, 0.29) is 5.56 Å². The Bertz CT molecular complexity index is 702. The van der Waals surface area contributed by atoms with Crippen molar-refractivity contribution in [1.82, 2.24) is 0 Å². The summed E-state index contributed by atoms with van der Waals surface area (Å²) < 4.78 is 26.2. The number of halogens is 2. The van der Waals surface area contributed by atoms with Crippen LogP contribution < -0.4 is 4.90 Å². The Labute approximate surface area is 120 Å². The van der Waals surface area contributed by atoms with Gasteiger partial charge in [0.1, 0.15) is 0 Å². The third-order valence-corrected chi connectivity index (χ3v) is 3.62. The van der Waals surface area contributed by atoms with Crippen LogP contribution in [0.25, 0.3) is 0 Å². The van der Waals surface area contributed by atoms with Gasteiger partial charge in [0.15, 0.2) is 11.6 Å². The number of benzene rings is 2. The Morgan fingerprint density at radius 3 is 2.67 bits per heavy atom. The summed E-state index contributed by atoms with van der Waals surface area (Å²) >= 11 is 0. The van der Waals surface area contributed by atoms with Crippen molar-refractivity contribution in [3.05, 3.63) is 65.2 Å². The minimum atomic E-state index is -1.05. The van der Waals surface area contributed by atoms with E-state index in [1.165, 1.54) is 11.0 Å². The summed E-state index contributed by atoms with van der Waals surface area (Å²) in [6.45, 7) is 0.329. The lowest BCUT2D eigenvalue weighted by atomic mass is 9.98. The molecule has 1 N–H and O–H groups in total. The summed E-state index contributed by atoms with van der Waals surface area (Å²) in [6, 6.07) is 10.1. The maximum Gasteiger partial charge on any atom is 0.258 e. The van der Waals surface area contributed by atoms with Crippen LogP contribution in [0, 0.1) is 11.6 Å². The number of carbonyl (C=O) groups excluding carboxylic acids is 1. The van der Waals surface area contributed by atoms with E-state index in [0.717, 1.165) is 12.1 Å². The number of carbonyl (C=O) groups is 1. The molecule has 0 spiro atoms. The summed E-state index contributed by atoms with van der Waals surface area (Å²) in [6.07, 6.45) is -0.206. The first kappa shape index (κ1) is 13.7. The summed E-state index contributed by atoms with van der Waals surface area (Å²) in [5.74, 6) is -2.44. The second kappa shape index (κ2) is 5.26. The number of hydrogen-bond donors (Lipinski definition) is 1. The van der Waals surface area contributed by atoms with Gasteiger partial charge in [-0.1, -0.05) is 18.2 Å². The van der Waals surface area contributed by atoms with Crippen molar-refractivity contribution in [2.45, 2.75) is 12.5 Å². The van der Waals surface area contributed by atoms with Crippen molar-refractivity contribution < 1.29 is 18.7 Å². The lowest BCUT2D eigenvalue weighted by molar-refractivity contribution is 0.0970. The number of aliphatic hydroxyl groups is 1. The largest absolute Gasteiger partial charge is 0.388 e. The highest BCUT2D eigenvalue weighted by Crippen LogP contribution is 2.34. The zero-order chi connectivity index (χ0) is 15.0. The van der Waals surface area contributed by atoms with E-state index in [4.69, 9.17) is 0 Å². The lowest BCUT2D eigenvalue weighted by Gasteiger charge is -2.32. The molecule has 1 aliphatic heterocycles. The monoisotopic (exact) mass is 289 g/mol. The molecular formula is C16H13F2NO2. The van der Waals surface area contributed by atoms with Gasteiger partial charge in [0.05, 0.1) is 6.10 Å². The molecule has 3 rings (SSSR count). The molecule has 0 aromatic heterocycles. The van der Waals surface area contributed by atoms with Crippen LogP contribution in [0.3, 0.4) is 0 Å². The van der Waals surface area contributed by atoms with Crippen LogP contribution >= 0.6 is 0 Å². The van der Waals surface area contributed by atoms with Gasteiger partial charge in [-0.25, -0.2) is 8.78 Å². The third kappa shape index (κ3) is 2.40. The fourth-order valence-corrected chi connectivity index (χ4v) is 2.54. The molecule has 2 aromatic carbocycles. The summed E-state index contributed by atoms with van der Waals surface area (Å²) in [5, 5.41) is 9.96. The van der Waals surface area contributed by atoms with Crippen LogP contribution in [0.2, 0.25) is 0 Å². The Morgan fingerprint density at radius 2 is 1.90 bits per heavy atom. The van der Waals surface area contributed by atoms with Gasteiger partial charge in [-0.15, -0.1) is 0 Å². The van der Waals surface area contributed by atoms with Crippen LogP contribution in [-0.2, 0) is 0 Å². The average Bonchev–Trinajstić information content (AvgIpc) is 2.50. The molecule has 0 saturated heterocycles. The zero-order valence-corrected chi connectivity index (χ0v) is 11.1. The number of aliphatic hydroxyl groups excluding tert-OH is 1. The quantitative estimate of drug-likeness (QED) is 0.876. The van der Waals surface area contributed by atoms with E-state index < -0.39 is 23.6 Å². The molecule has 108 valence electrons. The highest BCUT2D eigenvalue weighted by Gasteiger charge is 2.28. The van der Waals surface area contributed by atoms with Gasteiger partial charge in [0.2, 0.25) is 0 Å². The molecule has 0 saturated carbocycles. The molecule has 3 nitrogen and oxygen atoms in total. The summed E-state index contributed by atoms with van der Waals surface area (Å²) in [7, 11) is 0. The predicted octanol–water partition coefficient (Wildman–Crippen LogP) is 3.05. The smallest absolute Gasteiger partial charge is 0.258 e. The second-order valence-corrected chi connectivity index (χ2v) is 4.95. The number of nitrogens with zero attached hydrogens (tertiary/aromatic N) is 1. The first-order valence-electron chi connectivity index (χ1n) is 6.62. The molecule has 5 heteroatoms. The van der Waals surface area contributed by atoms with Gasteiger partial charge in [0.25, 0.3) is 5.91 Å². The number of fused-ring (bicyclic) bond motifs is 1. The standard InChI is InChI=1S/C16H13F2NO2/c17-12-6-5-10(9-13(12)18)16(21)19-8-7-15(20)11-3-1-2-4-14(11)19/h1-6,9,15,20H,7-8H2. The first-order chi connectivity index (χ1) is 10.1. The fraction of sp³-hybridized carbons (Fsp3) is 0.188. The minimum Gasteiger partial charge on any atom is -0.388 e. The van der Waals surface area contributed by atoms with Crippen molar-refractivity contribution in [1.29, 1.82) is 0 Å². The molecule has 1 heterocycles. The van der Waals surface area contributed by atoms with E-state index in [0.29, 0.717) is 24.2 Å². The van der Waals surface area contributed by atoms with E-state index in [9.17, 15) is 18.7 Å². The van der Waals surface area contributed by atoms with E-state index in [1.807, 2.05) is 0 Å². The van der Waals surface area contributed by atoms with E-state index in [2.05, 4.69) is 0 Å². The van der Waals surface area contributed by atoms with E-state index in [1.54, 1.807) is 24.3 Å².